The van der Waals surface area contributed by atoms with Gasteiger partial charge in [0.05, 0.1) is 0 Å². The summed E-state index contributed by atoms with van der Waals surface area (Å²) < 4.78 is 0. The first-order chi connectivity index (χ1) is 8.79. The van der Waals surface area contributed by atoms with Gasteiger partial charge in [0.15, 0.2) is 0 Å². The lowest BCUT2D eigenvalue weighted by Gasteiger charge is -2.17. The lowest BCUT2D eigenvalue weighted by molar-refractivity contribution is 0.484. The molecule has 0 bridgehead atoms. The highest BCUT2D eigenvalue weighted by Gasteiger charge is 2.10. The highest BCUT2D eigenvalue weighted by molar-refractivity contribution is 5.46. The van der Waals surface area contributed by atoms with Gasteiger partial charge in [-0.25, -0.2) is 4.98 Å². The highest BCUT2D eigenvalue weighted by Crippen LogP contribution is 2.20. The molecule has 2 nitrogen and oxygen atoms in total. The summed E-state index contributed by atoms with van der Waals surface area (Å²) in [5.41, 5.74) is 2.65. The van der Waals surface area contributed by atoms with Crippen LogP contribution in [0.15, 0.2) is 12.1 Å². The van der Waals surface area contributed by atoms with E-state index >= 15 is 0 Å². The Kier molecular flexibility index (Phi) is 5.03. The molecule has 18 heavy (non-hydrogen) atoms. The number of unbranched alkanes of at least 4 members (excludes halogenated alkanes) is 1. The summed E-state index contributed by atoms with van der Waals surface area (Å²) >= 11 is 0. The van der Waals surface area contributed by atoms with Crippen LogP contribution in [0.5, 0.6) is 0 Å². The van der Waals surface area contributed by atoms with Crippen molar-refractivity contribution in [3.8, 4) is 0 Å². The second kappa shape index (κ2) is 6.77. The minimum absolute atomic E-state index is 0.878. The maximum absolute atomic E-state index is 4.74. The smallest absolute Gasteiger partial charge is 0.129 e. The summed E-state index contributed by atoms with van der Waals surface area (Å²) in [4.78, 5) is 4.74. The monoisotopic (exact) mass is 246 g/mol. The van der Waals surface area contributed by atoms with E-state index in [4.69, 9.17) is 4.98 Å². The van der Waals surface area contributed by atoms with Crippen molar-refractivity contribution in [1.82, 2.24) is 4.98 Å². The van der Waals surface area contributed by atoms with Crippen LogP contribution in [0.2, 0.25) is 0 Å². The van der Waals surface area contributed by atoms with E-state index in [2.05, 4.69) is 31.3 Å². The molecule has 0 amide bonds. The Balaban J connectivity index is 1.79. The number of hydrogen-bond donors (Lipinski definition) is 1. The van der Waals surface area contributed by atoms with Crippen molar-refractivity contribution >= 4 is 5.82 Å². The van der Waals surface area contributed by atoms with Crippen LogP contribution in [0.3, 0.4) is 0 Å². The summed E-state index contributed by atoms with van der Waals surface area (Å²) in [7, 11) is 0. The standard InChI is InChI=1S/C16H26N2/c1-3-13(2)7-4-5-9-15-11-10-14-8-6-12-17-16(14)18-15/h10-11,13H,3-9,12H2,1-2H3,(H,17,18). The van der Waals surface area contributed by atoms with E-state index < -0.39 is 0 Å². The topological polar surface area (TPSA) is 24.9 Å². The predicted molar refractivity (Wildman–Crippen MR) is 78.1 cm³/mol. The van der Waals surface area contributed by atoms with Gasteiger partial charge in [-0.15, -0.1) is 0 Å². The van der Waals surface area contributed by atoms with Crippen LogP contribution in [0.4, 0.5) is 5.82 Å². The van der Waals surface area contributed by atoms with Gasteiger partial charge in [0.25, 0.3) is 0 Å². The van der Waals surface area contributed by atoms with Crippen LogP contribution in [0.25, 0.3) is 0 Å². The van der Waals surface area contributed by atoms with Crippen molar-refractivity contribution < 1.29 is 0 Å². The minimum Gasteiger partial charge on any atom is -0.370 e. The van der Waals surface area contributed by atoms with Gasteiger partial charge in [0.2, 0.25) is 0 Å². The number of fused-ring (bicyclic) bond motifs is 1. The molecule has 1 aliphatic rings. The molecule has 2 heterocycles. The number of aromatic nitrogens is 1. The lowest BCUT2D eigenvalue weighted by Crippen LogP contribution is -2.14. The molecule has 1 atom stereocenters. The fourth-order valence-electron chi connectivity index (χ4n) is 2.51. The van der Waals surface area contributed by atoms with Crippen LogP contribution in [0, 0.1) is 5.92 Å². The van der Waals surface area contributed by atoms with Crippen LogP contribution in [0.1, 0.15) is 57.2 Å². The lowest BCUT2D eigenvalue weighted by atomic mass is 10.00. The van der Waals surface area contributed by atoms with Gasteiger partial charge in [-0.1, -0.05) is 39.2 Å². The first kappa shape index (κ1) is 13.4. The van der Waals surface area contributed by atoms with Gasteiger partial charge in [-0.2, -0.15) is 0 Å². The van der Waals surface area contributed by atoms with Gasteiger partial charge in [-0.05, 0) is 43.2 Å². The number of hydrogen-bond acceptors (Lipinski definition) is 2. The van der Waals surface area contributed by atoms with Crippen LogP contribution >= 0.6 is 0 Å². The average molecular weight is 246 g/mol. The molecular weight excluding hydrogens is 220 g/mol. The van der Waals surface area contributed by atoms with Gasteiger partial charge in [0, 0.05) is 12.2 Å². The molecule has 0 radical (unpaired) electrons. The fraction of sp³-hybridized carbons (Fsp3) is 0.688. The molecular formula is C16H26N2. The van der Waals surface area contributed by atoms with Crippen LogP contribution in [-0.2, 0) is 12.8 Å². The van der Waals surface area contributed by atoms with Gasteiger partial charge < -0.3 is 5.32 Å². The molecule has 1 unspecified atom stereocenters. The predicted octanol–water partition coefficient (Wildman–Crippen LogP) is 4.20. The zero-order valence-corrected chi connectivity index (χ0v) is 11.8. The Morgan fingerprint density at radius 2 is 2.22 bits per heavy atom. The molecule has 1 aliphatic heterocycles. The number of aryl methyl sites for hydroxylation is 2. The number of nitrogens with one attached hydrogen (secondary N) is 1. The number of nitrogens with zero attached hydrogens (tertiary/aromatic N) is 1. The Bertz CT molecular complexity index is 373. The van der Waals surface area contributed by atoms with E-state index in [9.17, 15) is 0 Å². The van der Waals surface area contributed by atoms with E-state index in [-0.39, 0.29) is 0 Å². The maximum Gasteiger partial charge on any atom is 0.129 e. The Labute approximate surface area is 111 Å². The van der Waals surface area contributed by atoms with E-state index in [1.54, 1.807) is 0 Å². The maximum atomic E-state index is 4.74. The first-order valence-electron chi connectivity index (χ1n) is 7.52. The number of rotatable bonds is 6. The summed E-state index contributed by atoms with van der Waals surface area (Å²) in [5.74, 6) is 2.02. The van der Waals surface area contributed by atoms with Crippen molar-refractivity contribution in [2.75, 3.05) is 11.9 Å². The van der Waals surface area contributed by atoms with E-state index in [0.717, 1.165) is 24.7 Å². The van der Waals surface area contributed by atoms with Crippen LogP contribution < -0.4 is 5.32 Å². The molecule has 0 aromatic carbocycles. The Morgan fingerprint density at radius 3 is 3.06 bits per heavy atom. The van der Waals surface area contributed by atoms with Gasteiger partial charge >= 0.3 is 0 Å². The molecule has 100 valence electrons. The van der Waals surface area contributed by atoms with Gasteiger partial charge in [0.1, 0.15) is 5.82 Å². The van der Waals surface area contributed by atoms with Crippen molar-refractivity contribution in [2.45, 2.75) is 58.8 Å². The highest BCUT2D eigenvalue weighted by atomic mass is 15.0. The summed E-state index contributed by atoms with van der Waals surface area (Å²) in [6.07, 6.45) is 8.83. The van der Waals surface area contributed by atoms with E-state index in [1.807, 2.05) is 0 Å². The average Bonchev–Trinajstić information content (AvgIpc) is 2.43. The van der Waals surface area contributed by atoms with Crippen molar-refractivity contribution in [3.05, 3.63) is 23.4 Å². The summed E-state index contributed by atoms with van der Waals surface area (Å²) in [6, 6.07) is 4.48. The molecule has 1 N–H and O–H groups in total. The third-order valence-electron chi connectivity index (χ3n) is 4.03. The molecule has 2 rings (SSSR count). The first-order valence-corrected chi connectivity index (χ1v) is 7.52. The third-order valence-corrected chi connectivity index (χ3v) is 4.03. The van der Waals surface area contributed by atoms with Crippen molar-refractivity contribution in [2.24, 2.45) is 5.92 Å². The second-order valence-corrected chi connectivity index (χ2v) is 5.60. The molecule has 0 fully saturated rings. The molecule has 1 aromatic heterocycles. The Hall–Kier alpha value is -1.05. The molecule has 2 heteroatoms. The normalized spacial score (nSPS) is 15.9. The molecule has 1 aromatic rings. The van der Waals surface area contributed by atoms with Crippen LogP contribution in [-0.4, -0.2) is 11.5 Å². The van der Waals surface area contributed by atoms with E-state index in [0.29, 0.717) is 0 Å². The largest absolute Gasteiger partial charge is 0.370 e. The minimum atomic E-state index is 0.878. The molecule has 0 saturated carbocycles. The number of anilines is 1. The second-order valence-electron chi connectivity index (χ2n) is 5.60. The third kappa shape index (κ3) is 3.72. The molecule has 0 spiro atoms. The van der Waals surface area contributed by atoms with Crippen molar-refractivity contribution in [1.29, 1.82) is 0 Å². The van der Waals surface area contributed by atoms with Crippen molar-refractivity contribution in [3.63, 3.8) is 0 Å². The SMILES string of the molecule is CCC(C)CCCCc1ccc2c(n1)NCCC2. The zero-order valence-electron chi connectivity index (χ0n) is 11.8. The number of pyridine rings is 1. The summed E-state index contributed by atoms with van der Waals surface area (Å²) in [5, 5.41) is 3.41. The molecule has 0 saturated heterocycles. The molecule has 0 aliphatic carbocycles. The van der Waals surface area contributed by atoms with Gasteiger partial charge in [-0.3, -0.25) is 0 Å². The fourth-order valence-corrected chi connectivity index (χ4v) is 2.51. The summed E-state index contributed by atoms with van der Waals surface area (Å²) in [6.45, 7) is 5.71. The zero-order chi connectivity index (χ0) is 12.8. The quantitative estimate of drug-likeness (QED) is 0.761. The van der Waals surface area contributed by atoms with E-state index in [1.165, 1.54) is 49.8 Å². The Morgan fingerprint density at radius 1 is 1.33 bits per heavy atom.